The Kier molecular flexibility index (Phi) is 5.95. The van der Waals surface area contributed by atoms with Crippen molar-refractivity contribution in [1.29, 1.82) is 0 Å². The molecule has 0 saturated carbocycles. The van der Waals surface area contributed by atoms with Crippen molar-refractivity contribution in [2.45, 2.75) is 32.1 Å². The quantitative estimate of drug-likeness (QED) is 0.627. The van der Waals surface area contributed by atoms with Crippen LogP contribution in [-0.2, 0) is 19.1 Å². The number of esters is 1. The first-order chi connectivity index (χ1) is 12.9. The minimum Gasteiger partial charge on any atom is -0.495 e. The number of benzene rings is 1. The number of halogens is 2. The van der Waals surface area contributed by atoms with Gasteiger partial charge in [-0.2, -0.15) is 0 Å². The van der Waals surface area contributed by atoms with Crippen LogP contribution in [0.25, 0.3) is 0 Å². The lowest BCUT2D eigenvalue weighted by atomic mass is 9.77. The summed E-state index contributed by atoms with van der Waals surface area (Å²) in [7, 11) is 1.53. The Labute approximate surface area is 174 Å². The molecule has 0 saturated heterocycles. The molecule has 1 atom stereocenters. The first-order valence-electron chi connectivity index (χ1n) is 8.52. The normalized spacial score (nSPS) is 19.6. The van der Waals surface area contributed by atoms with Gasteiger partial charge < -0.3 is 19.9 Å². The van der Waals surface area contributed by atoms with E-state index in [9.17, 15) is 9.59 Å². The molecule has 1 aromatic rings. The third-order valence-corrected chi connectivity index (χ3v) is 5.58. The summed E-state index contributed by atoms with van der Waals surface area (Å²) in [5, 5.41) is 0. The standard InChI is InChI=1S/C19H19Br2NO5/c1-3-26-19(24)16-14(10-7-9(20)8-11(21)17(10)25-2)15-12(23)5-4-6-13(15)27-18(16)22/h7-8,14H,3-6,22H2,1-2H3/t14-/m0/s1. The topological polar surface area (TPSA) is 87.9 Å². The van der Waals surface area contributed by atoms with Crippen LogP contribution in [0.4, 0.5) is 0 Å². The van der Waals surface area contributed by atoms with Gasteiger partial charge in [0.05, 0.1) is 24.1 Å². The van der Waals surface area contributed by atoms with E-state index in [1.165, 1.54) is 7.11 Å². The number of nitrogens with two attached hydrogens (primary N) is 1. The van der Waals surface area contributed by atoms with Gasteiger partial charge in [-0.3, -0.25) is 4.79 Å². The molecule has 0 fully saturated rings. The lowest BCUT2D eigenvalue weighted by Gasteiger charge is -2.33. The Morgan fingerprint density at radius 2 is 2.07 bits per heavy atom. The number of hydrogen-bond acceptors (Lipinski definition) is 6. The molecule has 8 heteroatoms. The smallest absolute Gasteiger partial charge is 0.340 e. The predicted octanol–water partition coefficient (Wildman–Crippen LogP) is 4.07. The van der Waals surface area contributed by atoms with E-state index in [4.69, 9.17) is 19.9 Å². The van der Waals surface area contributed by atoms with E-state index in [1.54, 1.807) is 6.92 Å². The Balaban J connectivity index is 2.28. The Morgan fingerprint density at radius 3 is 2.74 bits per heavy atom. The monoisotopic (exact) mass is 499 g/mol. The van der Waals surface area contributed by atoms with E-state index in [-0.39, 0.29) is 23.8 Å². The van der Waals surface area contributed by atoms with Crippen LogP contribution in [0.15, 0.2) is 43.9 Å². The maximum atomic E-state index is 12.8. The summed E-state index contributed by atoms with van der Waals surface area (Å²) in [5.74, 6) is -0.393. The van der Waals surface area contributed by atoms with Crippen molar-refractivity contribution < 1.29 is 23.8 Å². The minimum atomic E-state index is -0.718. The highest BCUT2D eigenvalue weighted by molar-refractivity contribution is 9.11. The maximum Gasteiger partial charge on any atom is 0.340 e. The van der Waals surface area contributed by atoms with E-state index >= 15 is 0 Å². The van der Waals surface area contributed by atoms with Gasteiger partial charge in [0.1, 0.15) is 17.1 Å². The molecule has 0 aromatic heterocycles. The molecule has 3 rings (SSSR count). The predicted molar refractivity (Wildman–Crippen MR) is 106 cm³/mol. The molecule has 1 aliphatic carbocycles. The van der Waals surface area contributed by atoms with Gasteiger partial charge in [-0.15, -0.1) is 0 Å². The molecule has 144 valence electrons. The number of rotatable bonds is 4. The molecule has 0 spiro atoms. The fraction of sp³-hybridized carbons (Fsp3) is 0.368. The largest absolute Gasteiger partial charge is 0.495 e. The number of allylic oxidation sites excluding steroid dienone is 2. The summed E-state index contributed by atoms with van der Waals surface area (Å²) in [6.07, 6.45) is 1.67. The van der Waals surface area contributed by atoms with Gasteiger partial charge in [-0.1, -0.05) is 15.9 Å². The Hall–Kier alpha value is -1.80. The summed E-state index contributed by atoms with van der Waals surface area (Å²) in [6, 6.07) is 3.65. The number of Topliss-reactive ketones (excluding diaryl/α,β-unsaturated/α-hetero) is 1. The van der Waals surface area contributed by atoms with Crippen LogP contribution >= 0.6 is 31.9 Å². The van der Waals surface area contributed by atoms with Gasteiger partial charge in [-0.05, 0) is 41.4 Å². The molecular weight excluding hydrogens is 482 g/mol. The molecule has 6 nitrogen and oxygen atoms in total. The van der Waals surface area contributed by atoms with Crippen LogP contribution in [-0.4, -0.2) is 25.5 Å². The molecule has 27 heavy (non-hydrogen) atoms. The SMILES string of the molecule is CCOC(=O)C1=C(N)OC2=C(C(=O)CCC2)[C@@H]1c1cc(Br)cc(Br)c1OC. The van der Waals surface area contributed by atoms with E-state index in [1.807, 2.05) is 12.1 Å². The van der Waals surface area contributed by atoms with Gasteiger partial charge in [-0.25, -0.2) is 4.79 Å². The number of methoxy groups -OCH3 is 1. The van der Waals surface area contributed by atoms with Crippen molar-refractivity contribution in [3.8, 4) is 5.75 Å². The van der Waals surface area contributed by atoms with Crippen LogP contribution in [0.5, 0.6) is 5.75 Å². The molecular formula is C19H19Br2NO5. The summed E-state index contributed by atoms with van der Waals surface area (Å²) >= 11 is 6.95. The van der Waals surface area contributed by atoms with Crippen LogP contribution in [0, 0.1) is 0 Å². The van der Waals surface area contributed by atoms with Crippen LogP contribution in [0.3, 0.4) is 0 Å². The number of ketones is 1. The van der Waals surface area contributed by atoms with Crippen molar-refractivity contribution in [2.75, 3.05) is 13.7 Å². The highest BCUT2D eigenvalue weighted by atomic mass is 79.9. The fourth-order valence-electron chi connectivity index (χ4n) is 3.48. The van der Waals surface area contributed by atoms with Gasteiger partial charge in [0.25, 0.3) is 0 Å². The van der Waals surface area contributed by atoms with Crippen molar-refractivity contribution in [1.82, 2.24) is 0 Å². The molecule has 0 bridgehead atoms. The van der Waals surface area contributed by atoms with E-state index in [0.29, 0.717) is 46.4 Å². The summed E-state index contributed by atoms with van der Waals surface area (Å²) in [5.41, 5.74) is 7.31. The van der Waals surface area contributed by atoms with Gasteiger partial charge in [0, 0.05) is 28.5 Å². The van der Waals surface area contributed by atoms with Crippen LogP contribution in [0.1, 0.15) is 37.7 Å². The number of ether oxygens (including phenoxy) is 3. The van der Waals surface area contributed by atoms with Gasteiger partial charge in [0.15, 0.2) is 5.78 Å². The number of hydrogen-bond donors (Lipinski definition) is 1. The van der Waals surface area contributed by atoms with Crippen molar-refractivity contribution in [3.63, 3.8) is 0 Å². The molecule has 2 N–H and O–H groups in total. The second kappa shape index (κ2) is 8.06. The van der Waals surface area contributed by atoms with Crippen LogP contribution < -0.4 is 10.5 Å². The Bertz CT molecular complexity index is 875. The molecule has 0 radical (unpaired) electrons. The zero-order valence-electron chi connectivity index (χ0n) is 14.9. The van der Waals surface area contributed by atoms with E-state index in [0.717, 1.165) is 4.47 Å². The third-order valence-electron chi connectivity index (χ3n) is 4.53. The maximum absolute atomic E-state index is 12.8. The van der Waals surface area contributed by atoms with Crippen molar-refractivity contribution in [2.24, 2.45) is 5.73 Å². The zero-order chi connectivity index (χ0) is 19.7. The first kappa shape index (κ1) is 19.9. The Morgan fingerprint density at radius 1 is 1.33 bits per heavy atom. The fourth-order valence-corrected chi connectivity index (χ4v) is 4.91. The zero-order valence-corrected chi connectivity index (χ0v) is 18.1. The molecule has 2 aliphatic rings. The molecule has 1 aromatic carbocycles. The highest BCUT2D eigenvalue weighted by Crippen LogP contribution is 2.48. The average molecular weight is 501 g/mol. The van der Waals surface area contributed by atoms with E-state index < -0.39 is 11.9 Å². The first-order valence-corrected chi connectivity index (χ1v) is 10.1. The summed E-state index contributed by atoms with van der Waals surface area (Å²) < 4.78 is 17.9. The third kappa shape index (κ3) is 3.65. The molecule has 0 unspecified atom stereocenters. The molecule has 0 amide bonds. The lowest BCUT2D eigenvalue weighted by molar-refractivity contribution is -0.139. The number of carbonyl (C=O) groups is 2. The summed E-state index contributed by atoms with van der Waals surface area (Å²) in [6.45, 7) is 1.89. The second-order valence-electron chi connectivity index (χ2n) is 6.16. The van der Waals surface area contributed by atoms with Gasteiger partial charge in [0.2, 0.25) is 5.88 Å². The minimum absolute atomic E-state index is 0.0370. The van der Waals surface area contributed by atoms with Gasteiger partial charge >= 0.3 is 5.97 Å². The summed E-state index contributed by atoms with van der Waals surface area (Å²) in [4.78, 5) is 25.5. The van der Waals surface area contributed by atoms with E-state index in [2.05, 4.69) is 31.9 Å². The average Bonchev–Trinajstić information content (AvgIpc) is 2.60. The molecule has 1 aliphatic heterocycles. The second-order valence-corrected chi connectivity index (χ2v) is 7.93. The lowest BCUT2D eigenvalue weighted by Crippen LogP contribution is -2.31. The van der Waals surface area contributed by atoms with Crippen molar-refractivity contribution >= 4 is 43.6 Å². The molecule has 1 heterocycles. The number of carbonyl (C=O) groups excluding carboxylic acids is 2. The van der Waals surface area contributed by atoms with Crippen molar-refractivity contribution in [3.05, 3.63) is 49.4 Å². The van der Waals surface area contributed by atoms with Crippen LogP contribution in [0.2, 0.25) is 0 Å². The highest BCUT2D eigenvalue weighted by Gasteiger charge is 2.42.